The minimum Gasteiger partial charge on any atom is -0.310 e. The van der Waals surface area contributed by atoms with Crippen molar-refractivity contribution < 1.29 is 0 Å². The second kappa shape index (κ2) is 15.3. The highest BCUT2D eigenvalue weighted by molar-refractivity contribution is 5.94. The Hall–Kier alpha value is -4.88. The first-order valence-electron chi connectivity index (χ1n) is 23.5. The first-order valence-corrected chi connectivity index (χ1v) is 23.5. The normalized spacial score (nSPS) is 22.3. The second-order valence-corrected chi connectivity index (χ2v) is 19.8. The summed E-state index contributed by atoms with van der Waals surface area (Å²) in [4.78, 5) is 2.50. The first kappa shape index (κ1) is 37.1. The summed E-state index contributed by atoms with van der Waals surface area (Å²) in [6, 6.07) is 52.5. The lowest BCUT2D eigenvalue weighted by Crippen LogP contribution is -2.16. The Balaban J connectivity index is 0.938. The molecule has 3 atom stereocenters. The number of nitrogens with zero attached hydrogens (tertiary/aromatic N) is 1. The molecule has 5 aliphatic rings. The fourth-order valence-corrected chi connectivity index (χ4v) is 12.7. The summed E-state index contributed by atoms with van der Waals surface area (Å²) in [7, 11) is 0. The van der Waals surface area contributed by atoms with E-state index >= 15 is 0 Å². The molecule has 0 aliphatic heterocycles. The first-order chi connectivity index (χ1) is 29.0. The molecule has 0 spiro atoms. The number of fused-ring (bicyclic) bond motifs is 5. The van der Waals surface area contributed by atoms with Crippen molar-refractivity contribution in [3.8, 4) is 33.4 Å². The molecule has 4 saturated carbocycles. The molecule has 6 aromatic carbocycles. The van der Waals surface area contributed by atoms with Crippen LogP contribution in [0, 0.1) is 11.8 Å². The van der Waals surface area contributed by atoms with Crippen LogP contribution in [0.2, 0.25) is 0 Å². The largest absolute Gasteiger partial charge is 0.310 e. The summed E-state index contributed by atoms with van der Waals surface area (Å²) in [6.45, 7) is 4.86. The molecule has 5 aliphatic carbocycles. The van der Waals surface area contributed by atoms with Gasteiger partial charge in [0.1, 0.15) is 0 Å². The van der Waals surface area contributed by atoms with E-state index < -0.39 is 0 Å². The molecule has 2 bridgehead atoms. The maximum absolute atomic E-state index is 2.50. The Bertz CT molecular complexity index is 2420. The SMILES string of the molecule is CC1(C)c2cc(N(c3ccc(-c4ccc(C5CC6CCC5C6)cc4)cc3)c3ccc(C4CCCCC4)cc3)ccc2-c2c(-c3ccc(C4CCCCC4)cc3)cccc21. The molecule has 0 N–H and O–H groups in total. The fraction of sp³-hybridized carbons (Fsp3) is 0.379. The minimum atomic E-state index is -0.122. The van der Waals surface area contributed by atoms with Crippen LogP contribution in [0.3, 0.4) is 0 Å². The quantitative estimate of drug-likeness (QED) is 0.149. The molecule has 1 nitrogen and oxygen atoms in total. The molecule has 0 amide bonds. The molecule has 298 valence electrons. The van der Waals surface area contributed by atoms with E-state index in [9.17, 15) is 0 Å². The lowest BCUT2D eigenvalue weighted by Gasteiger charge is -2.29. The smallest absolute Gasteiger partial charge is 0.0465 e. The molecule has 4 fully saturated rings. The van der Waals surface area contributed by atoms with Gasteiger partial charge >= 0.3 is 0 Å². The van der Waals surface area contributed by atoms with Crippen molar-refractivity contribution in [3.05, 3.63) is 161 Å². The van der Waals surface area contributed by atoms with Crippen LogP contribution >= 0.6 is 0 Å². The van der Waals surface area contributed by atoms with Gasteiger partial charge in [0, 0.05) is 22.5 Å². The molecular weight excluding hydrogens is 711 g/mol. The van der Waals surface area contributed by atoms with Gasteiger partial charge in [0.2, 0.25) is 0 Å². The van der Waals surface area contributed by atoms with Gasteiger partial charge in [-0.3, -0.25) is 0 Å². The van der Waals surface area contributed by atoms with Crippen LogP contribution in [0.4, 0.5) is 17.1 Å². The molecule has 0 radical (unpaired) electrons. The number of benzene rings is 6. The van der Waals surface area contributed by atoms with E-state index in [1.54, 1.807) is 5.56 Å². The van der Waals surface area contributed by atoms with Crippen LogP contribution in [0.15, 0.2) is 133 Å². The lowest BCUT2D eigenvalue weighted by molar-refractivity contribution is 0.420. The van der Waals surface area contributed by atoms with Crippen LogP contribution in [0.5, 0.6) is 0 Å². The minimum absolute atomic E-state index is 0.122. The summed E-state index contributed by atoms with van der Waals surface area (Å²) in [5.41, 5.74) is 19.0. The number of hydrogen-bond acceptors (Lipinski definition) is 1. The fourth-order valence-electron chi connectivity index (χ4n) is 12.7. The van der Waals surface area contributed by atoms with E-state index in [1.807, 2.05) is 0 Å². The highest BCUT2D eigenvalue weighted by Gasteiger charge is 2.40. The van der Waals surface area contributed by atoms with Gasteiger partial charge in [-0.1, -0.05) is 156 Å². The molecule has 0 aromatic heterocycles. The monoisotopic (exact) mass is 771 g/mol. The molecular formula is C58H61N. The highest BCUT2D eigenvalue weighted by atomic mass is 15.1. The van der Waals surface area contributed by atoms with Crippen molar-refractivity contribution >= 4 is 17.1 Å². The van der Waals surface area contributed by atoms with Crippen LogP contribution in [0.25, 0.3) is 33.4 Å². The van der Waals surface area contributed by atoms with Crippen molar-refractivity contribution in [1.29, 1.82) is 0 Å². The second-order valence-electron chi connectivity index (χ2n) is 19.8. The predicted molar refractivity (Wildman–Crippen MR) is 249 cm³/mol. The summed E-state index contributed by atoms with van der Waals surface area (Å²) in [5.74, 6) is 4.08. The van der Waals surface area contributed by atoms with E-state index in [2.05, 4.69) is 152 Å². The Kier molecular flexibility index (Phi) is 9.63. The Morgan fingerprint density at radius 3 is 1.58 bits per heavy atom. The highest BCUT2D eigenvalue weighted by Crippen LogP contribution is 2.55. The molecule has 0 saturated heterocycles. The molecule has 6 aromatic rings. The maximum atomic E-state index is 2.50. The average molecular weight is 772 g/mol. The van der Waals surface area contributed by atoms with Crippen molar-refractivity contribution in [2.24, 2.45) is 11.8 Å². The molecule has 0 heterocycles. The van der Waals surface area contributed by atoms with E-state index in [-0.39, 0.29) is 5.41 Å². The van der Waals surface area contributed by atoms with Gasteiger partial charge in [0.05, 0.1) is 0 Å². The number of anilines is 3. The summed E-state index contributed by atoms with van der Waals surface area (Å²) >= 11 is 0. The van der Waals surface area contributed by atoms with Crippen LogP contribution in [-0.4, -0.2) is 0 Å². The van der Waals surface area contributed by atoms with Gasteiger partial charge in [-0.15, -0.1) is 0 Å². The van der Waals surface area contributed by atoms with E-state index in [4.69, 9.17) is 0 Å². The van der Waals surface area contributed by atoms with Crippen LogP contribution < -0.4 is 4.90 Å². The van der Waals surface area contributed by atoms with E-state index in [1.165, 1.54) is 163 Å². The van der Waals surface area contributed by atoms with Crippen molar-refractivity contribution in [1.82, 2.24) is 0 Å². The van der Waals surface area contributed by atoms with Gasteiger partial charge in [0.15, 0.2) is 0 Å². The molecule has 1 heteroatoms. The summed E-state index contributed by atoms with van der Waals surface area (Å²) < 4.78 is 0. The van der Waals surface area contributed by atoms with E-state index in [0.29, 0.717) is 5.92 Å². The standard InChI is InChI=1S/C58H61N/c1-58(2)55-15-9-14-52(46-22-18-42(19-23-46)40-10-5-3-6-11-40)57(55)53-35-34-51(38-56(53)58)59(49-30-26-44(27-31-49)41-12-7-4-8-13-41)50-32-28-45(29-33-50)43-20-24-47(25-21-43)54-37-39-16-17-48(54)36-39/h9,14-15,18-35,38-41,48,54H,3-8,10-13,16-17,36-37H2,1-2H3. The van der Waals surface area contributed by atoms with Gasteiger partial charge in [-0.05, 0) is 172 Å². The Morgan fingerprint density at radius 1 is 0.441 bits per heavy atom. The van der Waals surface area contributed by atoms with E-state index in [0.717, 1.165) is 23.7 Å². The lowest BCUT2D eigenvalue weighted by atomic mass is 9.81. The van der Waals surface area contributed by atoms with Crippen molar-refractivity contribution in [2.75, 3.05) is 4.90 Å². The molecule has 3 unspecified atom stereocenters. The van der Waals surface area contributed by atoms with Gasteiger partial charge < -0.3 is 4.90 Å². The zero-order chi connectivity index (χ0) is 39.5. The van der Waals surface area contributed by atoms with Gasteiger partial charge in [0.25, 0.3) is 0 Å². The average Bonchev–Trinajstić information content (AvgIpc) is 4.00. The van der Waals surface area contributed by atoms with Crippen LogP contribution in [-0.2, 0) is 5.41 Å². The zero-order valence-electron chi connectivity index (χ0n) is 35.4. The maximum Gasteiger partial charge on any atom is 0.0465 e. The third-order valence-electron chi connectivity index (χ3n) is 16.0. The molecule has 59 heavy (non-hydrogen) atoms. The summed E-state index contributed by atoms with van der Waals surface area (Å²) in [6.07, 6.45) is 19.3. The Morgan fingerprint density at radius 2 is 0.983 bits per heavy atom. The Labute approximate surface area is 353 Å². The van der Waals surface area contributed by atoms with Crippen LogP contribution in [0.1, 0.15) is 149 Å². The zero-order valence-corrected chi connectivity index (χ0v) is 35.4. The number of hydrogen-bond donors (Lipinski definition) is 0. The summed E-state index contributed by atoms with van der Waals surface area (Å²) in [5, 5.41) is 0. The third-order valence-corrected chi connectivity index (χ3v) is 16.0. The topological polar surface area (TPSA) is 3.24 Å². The predicted octanol–water partition coefficient (Wildman–Crippen LogP) is 16.8. The van der Waals surface area contributed by atoms with Gasteiger partial charge in [-0.2, -0.15) is 0 Å². The van der Waals surface area contributed by atoms with Crippen molar-refractivity contribution in [2.45, 2.75) is 127 Å². The third kappa shape index (κ3) is 6.78. The molecule has 11 rings (SSSR count). The number of rotatable bonds is 8. The van der Waals surface area contributed by atoms with Crippen molar-refractivity contribution in [3.63, 3.8) is 0 Å². The van der Waals surface area contributed by atoms with Gasteiger partial charge in [-0.25, -0.2) is 0 Å².